The quantitative estimate of drug-likeness (QED) is 0.728. The van der Waals surface area contributed by atoms with Gasteiger partial charge in [0.05, 0.1) is 32.2 Å². The summed E-state index contributed by atoms with van der Waals surface area (Å²) in [5.41, 5.74) is 2.12. The largest absolute Gasteiger partial charge is 0.459 e. The van der Waals surface area contributed by atoms with Gasteiger partial charge in [-0.3, -0.25) is 4.79 Å². The highest BCUT2D eigenvalue weighted by Gasteiger charge is 2.23. The molecule has 0 unspecified atom stereocenters. The second kappa shape index (κ2) is 7.84. The number of benzene rings is 2. The number of carbonyl (C=O) groups excluding carboxylic acids is 1. The molecule has 4 rings (SSSR count). The third kappa shape index (κ3) is 4.14. The van der Waals surface area contributed by atoms with E-state index in [2.05, 4.69) is 34.5 Å². The standard InChI is InChI=1S/C22H25N3O2/c1-17(21-15-18-7-5-6-10-20(18)27-21)23-22(26)16-24-11-13-25(14-12-24)19-8-3-2-4-9-19/h2-10,15,17H,11-14,16H2,1H3,(H,23,26)/p+1/t17-/m0/s1. The molecule has 1 saturated heterocycles. The summed E-state index contributed by atoms with van der Waals surface area (Å²) in [6, 6.07) is 20.3. The van der Waals surface area contributed by atoms with E-state index in [9.17, 15) is 4.79 Å². The van der Waals surface area contributed by atoms with Crippen LogP contribution in [0.1, 0.15) is 18.7 Å². The van der Waals surface area contributed by atoms with Gasteiger partial charge in [-0.05, 0) is 31.2 Å². The molecule has 1 aliphatic rings. The maximum absolute atomic E-state index is 12.5. The fourth-order valence-electron chi connectivity index (χ4n) is 3.70. The number of anilines is 1. The van der Waals surface area contributed by atoms with E-state index < -0.39 is 0 Å². The molecule has 0 bridgehead atoms. The van der Waals surface area contributed by atoms with Gasteiger partial charge in [-0.1, -0.05) is 36.4 Å². The molecule has 3 aromatic rings. The highest BCUT2D eigenvalue weighted by molar-refractivity contribution is 5.79. The summed E-state index contributed by atoms with van der Waals surface area (Å²) in [4.78, 5) is 16.2. The molecule has 1 fully saturated rings. The summed E-state index contributed by atoms with van der Waals surface area (Å²) in [6.45, 7) is 6.38. The summed E-state index contributed by atoms with van der Waals surface area (Å²) in [6.07, 6.45) is 0. The molecule has 5 heteroatoms. The number of amides is 1. The average Bonchev–Trinajstić information content (AvgIpc) is 3.14. The van der Waals surface area contributed by atoms with Crippen molar-refractivity contribution in [2.45, 2.75) is 13.0 Å². The van der Waals surface area contributed by atoms with Gasteiger partial charge >= 0.3 is 0 Å². The van der Waals surface area contributed by atoms with Gasteiger partial charge in [-0.15, -0.1) is 0 Å². The lowest BCUT2D eigenvalue weighted by molar-refractivity contribution is -0.892. The van der Waals surface area contributed by atoms with Gasteiger partial charge in [0.1, 0.15) is 11.3 Å². The minimum Gasteiger partial charge on any atom is -0.459 e. The Morgan fingerprint density at radius 3 is 2.56 bits per heavy atom. The first kappa shape index (κ1) is 17.6. The molecule has 2 N–H and O–H groups in total. The SMILES string of the molecule is C[C@H](NC(=O)C[NH+]1CCN(c2ccccc2)CC1)c1cc2ccccc2o1. The Morgan fingerprint density at radius 1 is 1.11 bits per heavy atom. The molecule has 0 aliphatic carbocycles. The number of rotatable bonds is 5. The summed E-state index contributed by atoms with van der Waals surface area (Å²) < 4.78 is 5.86. The first-order chi connectivity index (χ1) is 13.2. The molecule has 0 radical (unpaired) electrons. The van der Waals surface area contributed by atoms with Crippen LogP contribution in [0.5, 0.6) is 0 Å². The number of hydrogen-bond donors (Lipinski definition) is 2. The van der Waals surface area contributed by atoms with E-state index in [4.69, 9.17) is 4.42 Å². The third-order valence-corrected chi connectivity index (χ3v) is 5.25. The second-order valence-corrected chi connectivity index (χ2v) is 7.23. The predicted octanol–water partition coefficient (Wildman–Crippen LogP) is 2.02. The van der Waals surface area contributed by atoms with E-state index in [1.807, 2.05) is 43.3 Å². The number of piperazine rings is 1. The zero-order valence-corrected chi connectivity index (χ0v) is 15.7. The third-order valence-electron chi connectivity index (χ3n) is 5.25. The summed E-state index contributed by atoms with van der Waals surface area (Å²) in [5.74, 6) is 0.875. The fourth-order valence-corrected chi connectivity index (χ4v) is 3.70. The van der Waals surface area contributed by atoms with Crippen LogP contribution in [0, 0.1) is 0 Å². The van der Waals surface area contributed by atoms with Crippen molar-refractivity contribution < 1.29 is 14.1 Å². The highest BCUT2D eigenvalue weighted by atomic mass is 16.3. The van der Waals surface area contributed by atoms with Crippen molar-refractivity contribution in [1.29, 1.82) is 0 Å². The first-order valence-electron chi connectivity index (χ1n) is 9.60. The van der Waals surface area contributed by atoms with E-state index in [1.54, 1.807) is 0 Å². The van der Waals surface area contributed by atoms with E-state index >= 15 is 0 Å². The molecule has 1 aromatic heterocycles. The number of quaternary nitrogens is 1. The number of hydrogen-bond acceptors (Lipinski definition) is 3. The lowest BCUT2D eigenvalue weighted by atomic mass is 10.2. The number of para-hydroxylation sites is 2. The van der Waals surface area contributed by atoms with Crippen molar-refractivity contribution in [2.75, 3.05) is 37.6 Å². The molecule has 5 nitrogen and oxygen atoms in total. The van der Waals surface area contributed by atoms with E-state index in [1.165, 1.54) is 10.6 Å². The average molecular weight is 364 g/mol. The van der Waals surface area contributed by atoms with Crippen LogP contribution >= 0.6 is 0 Å². The van der Waals surface area contributed by atoms with Gasteiger partial charge in [0, 0.05) is 11.1 Å². The lowest BCUT2D eigenvalue weighted by Crippen LogP contribution is -3.15. The second-order valence-electron chi connectivity index (χ2n) is 7.23. The molecule has 0 spiro atoms. The molecule has 0 saturated carbocycles. The number of carbonyl (C=O) groups is 1. The minimum absolute atomic E-state index is 0.0751. The van der Waals surface area contributed by atoms with Gasteiger partial charge in [0.15, 0.2) is 6.54 Å². The number of nitrogens with one attached hydrogen (secondary N) is 2. The predicted molar refractivity (Wildman–Crippen MR) is 107 cm³/mol. The van der Waals surface area contributed by atoms with Crippen LogP contribution in [0.15, 0.2) is 65.1 Å². The van der Waals surface area contributed by atoms with Crippen molar-refractivity contribution >= 4 is 22.6 Å². The molecular formula is C22H26N3O2+. The van der Waals surface area contributed by atoms with Gasteiger partial charge in [0.25, 0.3) is 5.91 Å². The summed E-state index contributed by atoms with van der Waals surface area (Å²) in [7, 11) is 0. The Bertz CT molecular complexity index is 865. The number of nitrogens with zero attached hydrogens (tertiary/aromatic N) is 1. The molecule has 140 valence electrons. The smallest absolute Gasteiger partial charge is 0.275 e. The molecule has 2 aromatic carbocycles. The van der Waals surface area contributed by atoms with Gasteiger partial charge < -0.3 is 19.5 Å². The van der Waals surface area contributed by atoms with Crippen LogP contribution in [-0.2, 0) is 4.79 Å². The van der Waals surface area contributed by atoms with E-state index in [-0.39, 0.29) is 11.9 Å². The zero-order chi connectivity index (χ0) is 18.6. The molecule has 27 heavy (non-hydrogen) atoms. The van der Waals surface area contributed by atoms with Crippen LogP contribution in [0.3, 0.4) is 0 Å². The molecule has 1 atom stereocenters. The first-order valence-corrected chi connectivity index (χ1v) is 9.60. The monoisotopic (exact) mass is 364 g/mol. The van der Waals surface area contributed by atoms with Crippen LogP contribution in [-0.4, -0.2) is 38.6 Å². The topological polar surface area (TPSA) is 49.9 Å². The maximum Gasteiger partial charge on any atom is 0.275 e. The highest BCUT2D eigenvalue weighted by Crippen LogP contribution is 2.23. The van der Waals surface area contributed by atoms with Crippen molar-refractivity contribution in [3.05, 3.63) is 66.4 Å². The Hall–Kier alpha value is -2.79. The van der Waals surface area contributed by atoms with Crippen molar-refractivity contribution in [3.8, 4) is 0 Å². The van der Waals surface area contributed by atoms with Crippen LogP contribution in [0.2, 0.25) is 0 Å². The van der Waals surface area contributed by atoms with Crippen molar-refractivity contribution in [1.82, 2.24) is 5.32 Å². The van der Waals surface area contributed by atoms with Gasteiger partial charge in [-0.25, -0.2) is 0 Å². The summed E-state index contributed by atoms with van der Waals surface area (Å²) >= 11 is 0. The lowest BCUT2D eigenvalue weighted by Gasteiger charge is -2.33. The van der Waals surface area contributed by atoms with Gasteiger partial charge in [-0.2, -0.15) is 0 Å². The minimum atomic E-state index is -0.130. The van der Waals surface area contributed by atoms with E-state index in [0.29, 0.717) is 6.54 Å². The maximum atomic E-state index is 12.5. The Labute approximate surface area is 159 Å². The number of fused-ring (bicyclic) bond motifs is 1. The molecule has 2 heterocycles. The molecule has 1 amide bonds. The molecule has 1 aliphatic heterocycles. The van der Waals surface area contributed by atoms with Crippen LogP contribution in [0.4, 0.5) is 5.69 Å². The van der Waals surface area contributed by atoms with Gasteiger partial charge in [0.2, 0.25) is 0 Å². The number of furan rings is 1. The Balaban J connectivity index is 1.28. The Kier molecular flexibility index (Phi) is 5.12. The van der Waals surface area contributed by atoms with E-state index in [0.717, 1.165) is 42.9 Å². The van der Waals surface area contributed by atoms with Crippen LogP contribution in [0.25, 0.3) is 11.0 Å². The molecular weight excluding hydrogens is 338 g/mol. The van der Waals surface area contributed by atoms with Crippen molar-refractivity contribution in [3.63, 3.8) is 0 Å². The normalized spacial score (nSPS) is 16.4. The van der Waals surface area contributed by atoms with Crippen molar-refractivity contribution in [2.24, 2.45) is 0 Å². The Morgan fingerprint density at radius 2 is 1.81 bits per heavy atom. The zero-order valence-electron chi connectivity index (χ0n) is 15.7. The fraction of sp³-hybridized carbons (Fsp3) is 0.318. The van der Waals surface area contributed by atoms with Crippen LogP contribution < -0.4 is 15.1 Å². The summed E-state index contributed by atoms with van der Waals surface area (Å²) in [5, 5.41) is 4.15.